The number of fused-ring (bicyclic) bond motifs is 6. The zero-order valence-electron chi connectivity index (χ0n) is 39.8. The first-order valence-corrected chi connectivity index (χ1v) is 23.6. The Bertz CT molecular complexity index is 3120. The molecule has 0 spiro atoms. The van der Waals surface area contributed by atoms with E-state index in [-0.39, 0.29) is 24.5 Å². The molecule has 9 rings (SSSR count). The van der Waals surface area contributed by atoms with Gasteiger partial charge in [-0.1, -0.05) is 133 Å². The van der Waals surface area contributed by atoms with E-state index >= 15 is 0 Å². The molecule has 0 fully saturated rings. The summed E-state index contributed by atoms with van der Waals surface area (Å²) < 4.78 is 122. The summed E-state index contributed by atoms with van der Waals surface area (Å²) in [7, 11) is 0. The van der Waals surface area contributed by atoms with E-state index in [1.807, 2.05) is 72.8 Å². The number of carbonyl (C=O) groups is 3. The van der Waals surface area contributed by atoms with Gasteiger partial charge in [0.2, 0.25) is 17.7 Å². The van der Waals surface area contributed by atoms with E-state index in [0.29, 0.717) is 47.2 Å². The first kappa shape index (κ1) is 53.1. The number of hydrogen-bond donors (Lipinski definition) is 3. The van der Waals surface area contributed by atoms with Crippen molar-refractivity contribution in [1.29, 1.82) is 0 Å². The second-order valence-electron chi connectivity index (χ2n) is 17.8. The second kappa shape index (κ2) is 21.7. The minimum absolute atomic E-state index is 0.0951. The molecule has 0 radical (unpaired) electrons. The summed E-state index contributed by atoms with van der Waals surface area (Å²) in [5.74, 6) is -1.65. The van der Waals surface area contributed by atoms with Crippen LogP contribution in [0.5, 0.6) is 5.88 Å². The lowest BCUT2D eigenvalue weighted by Gasteiger charge is -2.31. The summed E-state index contributed by atoms with van der Waals surface area (Å²) in [6, 6.07) is 43.3. The number of aromatic nitrogens is 1. The Hall–Kier alpha value is -8.21. The van der Waals surface area contributed by atoms with Crippen LogP contribution in [0.1, 0.15) is 63.9 Å². The smallest absolute Gasteiger partial charge is 0.416 e. The van der Waals surface area contributed by atoms with Gasteiger partial charge >= 0.3 is 18.5 Å². The summed E-state index contributed by atoms with van der Waals surface area (Å²) in [4.78, 5) is 44.1. The van der Waals surface area contributed by atoms with E-state index in [2.05, 4.69) is 27.5 Å². The molecular formula is C58H47F9N4O4. The lowest BCUT2D eigenvalue weighted by molar-refractivity contribution is -0.141. The predicted molar refractivity (Wildman–Crippen MR) is 267 cm³/mol. The predicted octanol–water partition coefficient (Wildman–Crippen LogP) is 13.4. The lowest BCUT2D eigenvalue weighted by atomic mass is 9.73. The van der Waals surface area contributed by atoms with Crippen LogP contribution in [0.4, 0.5) is 45.2 Å². The summed E-state index contributed by atoms with van der Waals surface area (Å²) >= 11 is 0. The van der Waals surface area contributed by atoms with Crippen LogP contribution in [-0.4, -0.2) is 54.8 Å². The number of hydrogen-bond acceptors (Lipinski definition) is 5. The number of pyridine rings is 1. The molecule has 3 amide bonds. The molecule has 0 atom stereocenters. The van der Waals surface area contributed by atoms with Gasteiger partial charge in [-0.05, 0) is 106 Å². The zero-order chi connectivity index (χ0) is 53.6. The van der Waals surface area contributed by atoms with Crippen LogP contribution < -0.4 is 20.7 Å². The Balaban J connectivity index is 0.000000250. The Morgan fingerprint density at radius 2 is 0.987 bits per heavy atom. The third-order valence-corrected chi connectivity index (χ3v) is 13.2. The molecule has 2 aliphatic carbocycles. The van der Waals surface area contributed by atoms with Crippen molar-refractivity contribution >= 4 is 23.4 Å². The second-order valence-corrected chi connectivity index (χ2v) is 17.8. The molecule has 0 saturated carbocycles. The normalized spacial score (nSPS) is 13.7. The Kier molecular flexibility index (Phi) is 15.4. The maximum absolute atomic E-state index is 13.6. The van der Waals surface area contributed by atoms with Crippen LogP contribution >= 0.6 is 0 Å². The molecule has 7 aromatic rings. The van der Waals surface area contributed by atoms with E-state index < -0.39 is 65.7 Å². The van der Waals surface area contributed by atoms with Gasteiger partial charge in [0, 0.05) is 11.6 Å². The Labute approximate surface area is 425 Å². The fraction of sp³-hybridized carbons (Fsp3) is 0.207. The molecule has 386 valence electrons. The van der Waals surface area contributed by atoms with Crippen LogP contribution in [0.2, 0.25) is 0 Å². The van der Waals surface area contributed by atoms with Crippen molar-refractivity contribution in [3.05, 3.63) is 210 Å². The Morgan fingerprint density at radius 3 is 1.41 bits per heavy atom. The molecule has 3 N–H and O–H groups in total. The fourth-order valence-electron chi connectivity index (χ4n) is 9.91. The summed E-state index contributed by atoms with van der Waals surface area (Å²) in [5, 5.41) is 6.94. The molecule has 75 heavy (non-hydrogen) atoms. The van der Waals surface area contributed by atoms with Crippen LogP contribution in [-0.2, 0) is 26.6 Å². The van der Waals surface area contributed by atoms with Crippen molar-refractivity contribution in [2.45, 2.75) is 55.0 Å². The van der Waals surface area contributed by atoms with Gasteiger partial charge in [-0.3, -0.25) is 14.4 Å². The third kappa shape index (κ3) is 11.3. The van der Waals surface area contributed by atoms with Crippen molar-refractivity contribution in [3.8, 4) is 39.3 Å². The number of amides is 3. The molecule has 6 aromatic carbocycles. The van der Waals surface area contributed by atoms with E-state index in [1.54, 1.807) is 60.7 Å². The number of anilines is 1. The van der Waals surface area contributed by atoms with Gasteiger partial charge in [0.05, 0.1) is 24.1 Å². The average molecular weight is 1040 g/mol. The van der Waals surface area contributed by atoms with Gasteiger partial charge in [-0.2, -0.15) is 39.5 Å². The topological polar surface area (TPSA) is 109 Å². The number of ether oxygens (including phenoxy) is 1. The fourth-order valence-corrected chi connectivity index (χ4v) is 9.91. The molecule has 0 bridgehead atoms. The highest BCUT2D eigenvalue weighted by Gasteiger charge is 2.50. The maximum atomic E-state index is 13.6. The maximum Gasteiger partial charge on any atom is 0.416 e. The summed E-state index contributed by atoms with van der Waals surface area (Å²) in [5.41, 5.74) is 4.28. The highest BCUT2D eigenvalue weighted by atomic mass is 19.4. The van der Waals surface area contributed by atoms with Crippen LogP contribution in [0.3, 0.4) is 0 Å². The van der Waals surface area contributed by atoms with Crippen molar-refractivity contribution in [2.24, 2.45) is 0 Å². The molecule has 0 unspecified atom stereocenters. The third-order valence-electron chi connectivity index (χ3n) is 13.2. The molecular weight excluding hydrogens is 988 g/mol. The highest BCUT2D eigenvalue weighted by molar-refractivity contribution is 6.08. The number of carbonyl (C=O) groups excluding carboxylic acids is 3. The van der Waals surface area contributed by atoms with Crippen LogP contribution in [0.15, 0.2) is 177 Å². The quantitative estimate of drug-likeness (QED) is 0.0538. The molecule has 8 nitrogen and oxygen atoms in total. The monoisotopic (exact) mass is 1030 g/mol. The van der Waals surface area contributed by atoms with E-state index in [0.717, 1.165) is 45.5 Å². The number of nitrogens with one attached hydrogen (secondary N) is 3. The van der Waals surface area contributed by atoms with Crippen LogP contribution in [0.25, 0.3) is 33.4 Å². The van der Waals surface area contributed by atoms with E-state index in [1.165, 1.54) is 24.4 Å². The largest absolute Gasteiger partial charge is 0.478 e. The van der Waals surface area contributed by atoms with E-state index in [4.69, 9.17) is 4.74 Å². The SMILES string of the molecule is C=CCCC1(C(=O)NCC(F)(F)F)c2ccccc2-c2ccccc21.O=C(Nc1ccc(OCCCC2(C(=O)NCC(F)(F)F)c3ccccc3-c3ccccc32)nc1)c1ccccc1-c1ccc(C(F)(F)F)cc1. The number of halogens is 9. The number of rotatable bonds is 15. The van der Waals surface area contributed by atoms with Crippen molar-refractivity contribution < 1.29 is 58.6 Å². The zero-order valence-corrected chi connectivity index (χ0v) is 39.8. The first-order valence-electron chi connectivity index (χ1n) is 23.6. The standard InChI is InChI=1S/C38H29F6N3O3.C20H18F3NO/c39-37(40,41)23-46-35(49)36(31-12-5-3-9-28(31)29-10-4-6-13-32(29)36)20-7-21-50-33-19-18-26(22-45-33)47-34(48)30-11-2-1-8-27(30)24-14-16-25(17-15-24)38(42,43)44;1-2-3-12-19(18(25)24-13-20(21,22)23)16-10-6-4-8-14(16)15-9-5-7-11-17(15)19/h1-6,8-19,22H,7,20-21,23H2,(H,46,49)(H,47,48);2,4-11H,1,3,12-13H2,(H,24,25). The van der Waals surface area contributed by atoms with Gasteiger partial charge in [-0.15, -0.1) is 6.58 Å². The van der Waals surface area contributed by atoms with E-state index in [9.17, 15) is 53.9 Å². The summed E-state index contributed by atoms with van der Waals surface area (Å²) in [6.07, 6.45) is -9.11. The molecule has 1 aromatic heterocycles. The molecule has 17 heteroatoms. The van der Waals surface area contributed by atoms with Gasteiger partial charge < -0.3 is 20.7 Å². The Morgan fingerprint density at radius 1 is 0.547 bits per heavy atom. The van der Waals surface area contributed by atoms with Crippen molar-refractivity contribution in [1.82, 2.24) is 15.6 Å². The van der Waals surface area contributed by atoms with Gasteiger partial charge in [0.1, 0.15) is 23.9 Å². The minimum atomic E-state index is -4.58. The van der Waals surface area contributed by atoms with Crippen LogP contribution in [0, 0.1) is 0 Å². The van der Waals surface area contributed by atoms with Gasteiger partial charge in [0.25, 0.3) is 5.91 Å². The lowest BCUT2D eigenvalue weighted by Crippen LogP contribution is -2.47. The summed E-state index contributed by atoms with van der Waals surface area (Å²) in [6.45, 7) is 0.995. The number of alkyl halides is 9. The number of nitrogens with zero attached hydrogens (tertiary/aromatic N) is 1. The molecule has 0 saturated heterocycles. The first-order chi connectivity index (χ1) is 35.8. The van der Waals surface area contributed by atoms with Gasteiger partial charge in [0.15, 0.2) is 0 Å². The number of benzene rings is 6. The van der Waals surface area contributed by atoms with Gasteiger partial charge in [-0.25, -0.2) is 4.98 Å². The highest BCUT2D eigenvalue weighted by Crippen LogP contribution is 2.53. The molecule has 2 aliphatic rings. The van der Waals surface area contributed by atoms with Crippen molar-refractivity contribution in [3.63, 3.8) is 0 Å². The van der Waals surface area contributed by atoms with Crippen molar-refractivity contribution in [2.75, 3.05) is 25.0 Å². The number of allylic oxidation sites excluding steroid dienone is 1. The average Bonchev–Trinajstić information content (AvgIpc) is 3.91. The molecule has 1 heterocycles. The molecule has 0 aliphatic heterocycles. The minimum Gasteiger partial charge on any atom is -0.478 e.